The summed E-state index contributed by atoms with van der Waals surface area (Å²) in [6, 6.07) is 4.85. The molecule has 0 saturated heterocycles. The molecule has 0 amide bonds. The predicted molar refractivity (Wildman–Crippen MR) is 93.5 cm³/mol. The van der Waals surface area contributed by atoms with Gasteiger partial charge in [-0.25, -0.2) is 17.9 Å². The highest BCUT2D eigenvalue weighted by Crippen LogP contribution is 2.44. The molecule has 2 aromatic heterocycles. The van der Waals surface area contributed by atoms with Crippen LogP contribution in [0.15, 0.2) is 42.9 Å². The molecule has 0 radical (unpaired) electrons. The van der Waals surface area contributed by atoms with Crippen LogP contribution in [0, 0.1) is 5.82 Å². The minimum atomic E-state index is -3.37. The van der Waals surface area contributed by atoms with Gasteiger partial charge >= 0.3 is 0 Å². The highest BCUT2D eigenvalue weighted by molar-refractivity contribution is 6.30. The Balaban J connectivity index is 1.87. The largest absolute Gasteiger partial charge is 0.377 e. The summed E-state index contributed by atoms with van der Waals surface area (Å²) in [6.07, 6.45) is 1.38. The smallest absolute Gasteiger partial charge is 0.273 e. The molecule has 1 saturated carbocycles. The number of hydrogen-bond donors (Lipinski definition) is 1. The Bertz CT molecular complexity index is 966. The van der Waals surface area contributed by atoms with Crippen molar-refractivity contribution in [3.8, 4) is 0 Å². The van der Waals surface area contributed by atoms with Crippen LogP contribution < -0.4 is 0 Å². The zero-order valence-electron chi connectivity index (χ0n) is 14.4. The molecule has 10 heteroatoms. The molecule has 0 bridgehead atoms. The van der Waals surface area contributed by atoms with Gasteiger partial charge in [0.15, 0.2) is 5.60 Å². The Morgan fingerprint density at radius 3 is 2.54 bits per heavy atom. The fraction of sp³-hybridized carbons (Fsp3) is 0.333. The Hall–Kier alpha value is -2.52. The van der Waals surface area contributed by atoms with Crippen LogP contribution in [0.1, 0.15) is 41.6 Å². The van der Waals surface area contributed by atoms with Gasteiger partial charge in [-0.1, -0.05) is 23.7 Å². The lowest BCUT2D eigenvalue weighted by Gasteiger charge is -2.35. The molecule has 2 atom stereocenters. The van der Waals surface area contributed by atoms with E-state index in [2.05, 4.69) is 20.5 Å². The van der Waals surface area contributed by atoms with Crippen molar-refractivity contribution >= 4 is 11.6 Å². The van der Waals surface area contributed by atoms with Gasteiger partial charge in [-0.2, -0.15) is 0 Å². The highest BCUT2D eigenvalue weighted by atomic mass is 35.5. The molecule has 0 spiro atoms. The average Bonchev–Trinajstić information content (AvgIpc) is 3.38. The monoisotopic (exact) mass is 409 g/mol. The first-order valence-corrected chi connectivity index (χ1v) is 8.93. The summed E-state index contributed by atoms with van der Waals surface area (Å²) >= 11 is 5.74. The summed E-state index contributed by atoms with van der Waals surface area (Å²) in [5, 5.41) is 21.7. The number of benzene rings is 1. The molecule has 4 rings (SSSR count). The van der Waals surface area contributed by atoms with E-state index in [0.717, 1.165) is 41.5 Å². The molecule has 6 nitrogen and oxygen atoms in total. The lowest BCUT2D eigenvalue weighted by Crippen LogP contribution is -2.45. The molecule has 146 valence electrons. The number of pyridine rings is 1. The van der Waals surface area contributed by atoms with Gasteiger partial charge < -0.3 is 5.11 Å². The van der Waals surface area contributed by atoms with E-state index in [9.17, 15) is 18.3 Å². The fourth-order valence-corrected chi connectivity index (χ4v) is 3.44. The van der Waals surface area contributed by atoms with E-state index >= 15 is 0 Å². The van der Waals surface area contributed by atoms with Crippen LogP contribution in [-0.4, -0.2) is 36.7 Å². The third-order valence-electron chi connectivity index (χ3n) is 4.88. The molecule has 3 aromatic rings. The molecule has 1 aliphatic carbocycles. The Labute approximate surface area is 163 Å². The third kappa shape index (κ3) is 3.24. The van der Waals surface area contributed by atoms with Gasteiger partial charge in [0.1, 0.15) is 18.2 Å². The van der Waals surface area contributed by atoms with E-state index < -0.39 is 29.4 Å². The highest BCUT2D eigenvalue weighted by Gasteiger charge is 2.52. The van der Waals surface area contributed by atoms with Crippen LogP contribution in [0.2, 0.25) is 5.02 Å². The minimum Gasteiger partial charge on any atom is -0.377 e. The van der Waals surface area contributed by atoms with Crippen molar-refractivity contribution in [3.05, 3.63) is 70.5 Å². The zero-order chi connectivity index (χ0) is 19.9. The van der Waals surface area contributed by atoms with E-state index in [1.807, 2.05) is 0 Å². The van der Waals surface area contributed by atoms with Crippen molar-refractivity contribution in [1.82, 2.24) is 25.2 Å². The second kappa shape index (κ2) is 7.14. The summed E-state index contributed by atoms with van der Waals surface area (Å²) in [4.78, 5) is 4.26. The van der Waals surface area contributed by atoms with Gasteiger partial charge in [-0.3, -0.25) is 4.98 Å². The van der Waals surface area contributed by atoms with Gasteiger partial charge in [-0.05, 0) is 52.9 Å². The standard InChI is InChI=1S/C18H15ClF3N5O/c19-12-4-5-13(14(20)7-12)18(28,17(21)22)16(27-9-24-25-26-27)15-6-3-11(8-23-15)10-1-2-10/h3-10,16-17,28H,1-2H2. The van der Waals surface area contributed by atoms with Crippen molar-refractivity contribution in [2.24, 2.45) is 0 Å². The van der Waals surface area contributed by atoms with Crippen molar-refractivity contribution in [1.29, 1.82) is 0 Å². The van der Waals surface area contributed by atoms with Gasteiger partial charge in [0.2, 0.25) is 0 Å². The number of alkyl halides is 2. The molecular formula is C18H15ClF3N5O. The number of rotatable bonds is 6. The lowest BCUT2D eigenvalue weighted by molar-refractivity contribution is -0.130. The maximum Gasteiger partial charge on any atom is 0.273 e. The van der Waals surface area contributed by atoms with Gasteiger partial charge in [-0.15, -0.1) is 5.10 Å². The Kier molecular flexibility index (Phi) is 4.80. The van der Waals surface area contributed by atoms with Gasteiger partial charge in [0, 0.05) is 16.8 Å². The van der Waals surface area contributed by atoms with E-state index in [-0.39, 0.29) is 10.7 Å². The molecule has 2 heterocycles. The maximum absolute atomic E-state index is 14.5. The summed E-state index contributed by atoms with van der Waals surface area (Å²) in [7, 11) is 0. The van der Waals surface area contributed by atoms with E-state index in [4.69, 9.17) is 11.6 Å². The number of aliphatic hydroxyl groups is 1. The normalized spacial score (nSPS) is 17.5. The summed E-state index contributed by atoms with van der Waals surface area (Å²) < 4.78 is 44.0. The molecule has 2 unspecified atom stereocenters. The van der Waals surface area contributed by atoms with Crippen LogP contribution >= 0.6 is 11.6 Å². The summed E-state index contributed by atoms with van der Waals surface area (Å²) in [5.41, 5.74) is -2.55. The second-order valence-electron chi connectivity index (χ2n) is 6.73. The first-order valence-electron chi connectivity index (χ1n) is 8.55. The van der Waals surface area contributed by atoms with E-state index in [1.54, 1.807) is 12.3 Å². The number of tetrazole rings is 1. The number of nitrogens with zero attached hydrogens (tertiary/aromatic N) is 5. The maximum atomic E-state index is 14.5. The average molecular weight is 410 g/mol. The SMILES string of the molecule is OC(c1ccc(Cl)cc1F)(C(F)F)C(c1ccc(C2CC2)cn1)n1cnnn1. The summed E-state index contributed by atoms with van der Waals surface area (Å²) in [5.74, 6) is -0.654. The van der Waals surface area contributed by atoms with Crippen molar-refractivity contribution in [2.75, 3.05) is 0 Å². The van der Waals surface area contributed by atoms with Gasteiger partial charge in [0.25, 0.3) is 6.43 Å². The Morgan fingerprint density at radius 1 is 1.21 bits per heavy atom. The van der Waals surface area contributed by atoms with Crippen molar-refractivity contribution < 1.29 is 18.3 Å². The molecule has 0 aliphatic heterocycles. The van der Waals surface area contributed by atoms with Crippen molar-refractivity contribution in [2.45, 2.75) is 36.8 Å². The Morgan fingerprint density at radius 2 is 2.00 bits per heavy atom. The number of aromatic nitrogens is 5. The van der Waals surface area contributed by atoms with Crippen LogP contribution in [0.3, 0.4) is 0 Å². The van der Waals surface area contributed by atoms with Crippen LogP contribution in [0.4, 0.5) is 13.2 Å². The molecule has 1 aromatic carbocycles. The molecule has 28 heavy (non-hydrogen) atoms. The lowest BCUT2D eigenvalue weighted by atomic mass is 9.84. The third-order valence-corrected chi connectivity index (χ3v) is 5.11. The molecule has 1 fully saturated rings. The van der Waals surface area contributed by atoms with E-state index in [0.29, 0.717) is 5.92 Å². The number of hydrogen-bond acceptors (Lipinski definition) is 5. The first kappa shape index (κ1) is 18.8. The van der Waals surface area contributed by atoms with E-state index in [1.165, 1.54) is 12.1 Å². The van der Waals surface area contributed by atoms with Crippen LogP contribution in [0.25, 0.3) is 0 Å². The van der Waals surface area contributed by atoms with Gasteiger partial charge in [0.05, 0.1) is 5.69 Å². The summed E-state index contributed by atoms with van der Waals surface area (Å²) in [6.45, 7) is 0. The molecule has 1 N–H and O–H groups in total. The number of halogens is 4. The minimum absolute atomic E-state index is 0.0174. The molecule has 1 aliphatic rings. The fourth-order valence-electron chi connectivity index (χ4n) is 3.28. The van der Waals surface area contributed by atoms with Crippen LogP contribution in [-0.2, 0) is 5.60 Å². The zero-order valence-corrected chi connectivity index (χ0v) is 15.1. The predicted octanol–water partition coefficient (Wildman–Crippen LogP) is 3.48. The van der Waals surface area contributed by atoms with Crippen molar-refractivity contribution in [3.63, 3.8) is 0 Å². The topological polar surface area (TPSA) is 76.7 Å². The second-order valence-corrected chi connectivity index (χ2v) is 7.17. The quantitative estimate of drug-likeness (QED) is 0.674. The first-order chi connectivity index (χ1) is 13.4. The van der Waals surface area contributed by atoms with Crippen LogP contribution in [0.5, 0.6) is 0 Å². The molecular weight excluding hydrogens is 395 g/mol.